The molecular formula is C6H12BF. The van der Waals surface area contributed by atoms with Crippen molar-refractivity contribution < 1.29 is 4.32 Å². The Morgan fingerprint density at radius 2 is 2.25 bits per heavy atom. The van der Waals surface area contributed by atoms with Gasteiger partial charge in [0.1, 0.15) is 0 Å². The molecule has 46 valence electrons. The molecule has 0 atom stereocenters. The average Bonchev–Trinajstić information content (AvgIpc) is 1.68. The standard InChI is InChI=1S/C6H12BF/c1-3-5-7(8)6-4-2/h3,5H,4,6H2,1-2H3/b5-3+. The van der Waals surface area contributed by atoms with Crippen LogP contribution in [0, 0.1) is 0 Å². The van der Waals surface area contributed by atoms with Crippen molar-refractivity contribution in [1.29, 1.82) is 0 Å². The molecular weight excluding hydrogens is 102 g/mol. The van der Waals surface area contributed by atoms with Gasteiger partial charge < -0.3 is 4.32 Å². The molecule has 0 heterocycles. The molecule has 0 saturated heterocycles. The third kappa shape index (κ3) is 3.91. The van der Waals surface area contributed by atoms with Crippen LogP contribution in [-0.2, 0) is 0 Å². The van der Waals surface area contributed by atoms with Gasteiger partial charge in [0.05, 0.1) is 0 Å². The molecule has 0 N–H and O–H groups in total. The van der Waals surface area contributed by atoms with E-state index in [0.717, 1.165) is 6.42 Å². The molecule has 0 amide bonds. The van der Waals surface area contributed by atoms with Crippen LogP contribution in [0.15, 0.2) is 12.1 Å². The SMILES string of the molecule is C/C=C/B(F)CCC. The lowest BCUT2D eigenvalue weighted by Crippen LogP contribution is -1.97. The van der Waals surface area contributed by atoms with Gasteiger partial charge in [-0.25, -0.2) is 0 Å². The Balaban J connectivity index is 3.17. The van der Waals surface area contributed by atoms with Gasteiger partial charge in [-0.05, 0) is 13.2 Å². The third-order valence-electron chi connectivity index (χ3n) is 0.966. The maximum absolute atomic E-state index is 12.3. The predicted octanol–water partition coefficient (Wildman–Crippen LogP) is 2.47. The fraction of sp³-hybridized carbons (Fsp3) is 0.667. The van der Waals surface area contributed by atoms with Crippen molar-refractivity contribution in [2.75, 3.05) is 0 Å². The first kappa shape index (κ1) is 7.73. The highest BCUT2D eigenvalue weighted by Gasteiger charge is 2.04. The van der Waals surface area contributed by atoms with E-state index in [1.165, 1.54) is 0 Å². The summed E-state index contributed by atoms with van der Waals surface area (Å²) >= 11 is 0. The molecule has 2 heteroatoms. The fourth-order valence-corrected chi connectivity index (χ4v) is 0.581. The maximum Gasteiger partial charge on any atom is 0.373 e. The molecule has 0 aliphatic carbocycles. The Morgan fingerprint density at radius 3 is 2.62 bits per heavy atom. The molecule has 0 aromatic carbocycles. The number of halogens is 1. The molecule has 0 nitrogen and oxygen atoms in total. The van der Waals surface area contributed by atoms with Crippen LogP contribution in [0.4, 0.5) is 4.32 Å². The number of rotatable bonds is 3. The van der Waals surface area contributed by atoms with Crippen LogP contribution in [0.2, 0.25) is 6.32 Å². The molecule has 0 spiro atoms. The number of hydrogen-bond donors (Lipinski definition) is 0. The fourth-order valence-electron chi connectivity index (χ4n) is 0.581. The van der Waals surface area contributed by atoms with Crippen LogP contribution >= 0.6 is 0 Å². The van der Waals surface area contributed by atoms with Crippen molar-refractivity contribution in [2.45, 2.75) is 26.6 Å². The summed E-state index contributed by atoms with van der Waals surface area (Å²) in [6, 6.07) is 0. The van der Waals surface area contributed by atoms with Gasteiger partial charge in [-0.15, -0.1) is 0 Å². The van der Waals surface area contributed by atoms with Crippen LogP contribution < -0.4 is 0 Å². The van der Waals surface area contributed by atoms with Gasteiger partial charge in [0.15, 0.2) is 0 Å². The van der Waals surface area contributed by atoms with E-state index in [0.29, 0.717) is 6.32 Å². The molecule has 0 unspecified atom stereocenters. The number of hydrogen-bond acceptors (Lipinski definition) is 0. The van der Waals surface area contributed by atoms with Gasteiger partial charge >= 0.3 is 6.99 Å². The molecule has 0 aliphatic rings. The summed E-state index contributed by atoms with van der Waals surface area (Å²) in [6.07, 6.45) is 3.33. The van der Waals surface area contributed by atoms with Crippen molar-refractivity contribution in [1.82, 2.24) is 0 Å². The topological polar surface area (TPSA) is 0 Å². The van der Waals surface area contributed by atoms with Crippen molar-refractivity contribution in [3.63, 3.8) is 0 Å². The second-order valence-electron chi connectivity index (χ2n) is 1.83. The lowest BCUT2D eigenvalue weighted by atomic mass is 9.67. The summed E-state index contributed by atoms with van der Waals surface area (Å²) in [4.78, 5) is 0. The van der Waals surface area contributed by atoms with Crippen LogP contribution in [0.25, 0.3) is 0 Å². The molecule has 8 heavy (non-hydrogen) atoms. The highest BCUT2D eigenvalue weighted by atomic mass is 19.1. The van der Waals surface area contributed by atoms with Crippen LogP contribution in [0.5, 0.6) is 0 Å². The van der Waals surface area contributed by atoms with E-state index in [4.69, 9.17) is 0 Å². The minimum absolute atomic E-state index is 0.657. The average molecular weight is 114 g/mol. The molecule has 0 aromatic heterocycles. The molecule has 0 radical (unpaired) electrons. The quantitative estimate of drug-likeness (QED) is 0.494. The molecule has 0 aliphatic heterocycles. The lowest BCUT2D eigenvalue weighted by Gasteiger charge is -1.90. The van der Waals surface area contributed by atoms with E-state index >= 15 is 0 Å². The second-order valence-corrected chi connectivity index (χ2v) is 1.83. The summed E-state index contributed by atoms with van der Waals surface area (Å²) in [7, 11) is 0. The second kappa shape index (κ2) is 4.88. The minimum atomic E-state index is -0.718. The van der Waals surface area contributed by atoms with E-state index in [9.17, 15) is 4.32 Å². The summed E-state index contributed by atoms with van der Waals surface area (Å²) in [5.41, 5.74) is 0. The highest BCUT2D eigenvalue weighted by molar-refractivity contribution is 6.56. The summed E-state index contributed by atoms with van der Waals surface area (Å²) in [5.74, 6) is 1.59. The van der Waals surface area contributed by atoms with Crippen molar-refractivity contribution >= 4 is 6.99 Å². The number of allylic oxidation sites excluding steroid dienone is 1. The van der Waals surface area contributed by atoms with Crippen LogP contribution in [0.1, 0.15) is 20.3 Å². The van der Waals surface area contributed by atoms with Gasteiger partial charge in [-0.1, -0.05) is 25.4 Å². The maximum atomic E-state index is 12.3. The highest BCUT2D eigenvalue weighted by Crippen LogP contribution is 1.98. The lowest BCUT2D eigenvalue weighted by molar-refractivity contribution is 0.821. The largest absolute Gasteiger partial charge is 0.373 e. The Kier molecular flexibility index (Phi) is 4.72. The van der Waals surface area contributed by atoms with E-state index in [1.807, 2.05) is 13.8 Å². The van der Waals surface area contributed by atoms with Crippen LogP contribution in [0.3, 0.4) is 0 Å². The van der Waals surface area contributed by atoms with Gasteiger partial charge in [0.2, 0.25) is 0 Å². The minimum Gasteiger partial charge on any atom is -0.330 e. The van der Waals surface area contributed by atoms with Gasteiger partial charge in [-0.2, -0.15) is 0 Å². The zero-order valence-electron chi connectivity index (χ0n) is 5.52. The van der Waals surface area contributed by atoms with Crippen molar-refractivity contribution in [2.24, 2.45) is 0 Å². The molecule has 0 rings (SSSR count). The Bertz CT molecular complexity index is 70.9. The molecule has 0 fully saturated rings. The van der Waals surface area contributed by atoms with E-state index < -0.39 is 6.99 Å². The molecule has 0 saturated carbocycles. The normalized spacial score (nSPS) is 10.4. The molecule has 0 bridgehead atoms. The molecule has 0 aromatic rings. The monoisotopic (exact) mass is 114 g/mol. The van der Waals surface area contributed by atoms with Crippen LogP contribution in [-0.4, -0.2) is 6.99 Å². The summed E-state index contributed by atoms with van der Waals surface area (Å²) < 4.78 is 12.3. The summed E-state index contributed by atoms with van der Waals surface area (Å²) in [6.45, 7) is 3.10. The van der Waals surface area contributed by atoms with E-state index in [2.05, 4.69) is 0 Å². The van der Waals surface area contributed by atoms with Gasteiger partial charge in [0, 0.05) is 0 Å². The smallest absolute Gasteiger partial charge is 0.330 e. The zero-order chi connectivity index (χ0) is 6.41. The van der Waals surface area contributed by atoms with E-state index in [-0.39, 0.29) is 0 Å². The Hall–Kier alpha value is -0.265. The first-order valence-electron chi connectivity index (χ1n) is 3.08. The first-order chi connectivity index (χ1) is 3.81. The first-order valence-corrected chi connectivity index (χ1v) is 3.08. The Morgan fingerprint density at radius 1 is 1.62 bits per heavy atom. The predicted molar refractivity (Wildman–Crippen MR) is 36.8 cm³/mol. The van der Waals surface area contributed by atoms with Crippen molar-refractivity contribution in [3.8, 4) is 0 Å². The Labute approximate surface area is 50.9 Å². The third-order valence-corrected chi connectivity index (χ3v) is 0.966. The van der Waals surface area contributed by atoms with E-state index in [1.54, 1.807) is 12.1 Å². The van der Waals surface area contributed by atoms with Crippen molar-refractivity contribution in [3.05, 3.63) is 12.1 Å². The summed E-state index contributed by atoms with van der Waals surface area (Å²) in [5, 5.41) is 0. The van der Waals surface area contributed by atoms with Gasteiger partial charge in [0.25, 0.3) is 0 Å². The van der Waals surface area contributed by atoms with Gasteiger partial charge in [-0.3, -0.25) is 0 Å². The zero-order valence-corrected chi connectivity index (χ0v) is 5.52.